The molecule has 16 heteroatoms. The maximum absolute atomic E-state index is 15.3. The first-order chi connectivity index (χ1) is 37.1. The van der Waals surface area contributed by atoms with Gasteiger partial charge in [-0.1, -0.05) is 234 Å². The van der Waals surface area contributed by atoms with E-state index in [1.165, 1.54) is 0 Å². The number of unbranched alkanes of at least 4 members (excludes halogenated alkanes) is 30. The lowest BCUT2D eigenvalue weighted by molar-refractivity contribution is -0.409. The zero-order valence-corrected chi connectivity index (χ0v) is 50.3. The molecule has 0 aliphatic heterocycles. The minimum absolute atomic E-state index is 0.151. The molecule has 1 aliphatic rings. The Balaban J connectivity index is 4.58. The molecule has 0 bridgehead atoms. The van der Waals surface area contributed by atoms with Gasteiger partial charge < -0.3 is 28.4 Å². The van der Waals surface area contributed by atoms with Crippen LogP contribution in [0.4, 0.5) is 0 Å². The van der Waals surface area contributed by atoms with Crippen LogP contribution in [0, 0.1) is 0 Å². The lowest BCUT2D eigenvalue weighted by Gasteiger charge is -2.54. The van der Waals surface area contributed by atoms with Crippen LogP contribution in [0.15, 0.2) is 12.2 Å². The van der Waals surface area contributed by atoms with Crippen molar-refractivity contribution >= 4 is 45.9 Å². The van der Waals surface area contributed by atoms with E-state index in [9.17, 15) is 28.8 Å². The summed E-state index contributed by atoms with van der Waals surface area (Å²) >= 11 is 0. The van der Waals surface area contributed by atoms with E-state index in [0.717, 1.165) is 173 Å². The van der Waals surface area contributed by atoms with Gasteiger partial charge in [-0.3, -0.25) is 33.0 Å². The summed E-state index contributed by atoms with van der Waals surface area (Å²) < 4.78 is 73.8. The van der Waals surface area contributed by atoms with Crippen LogP contribution < -0.4 is 0 Å². The van der Waals surface area contributed by atoms with Crippen LogP contribution in [0.1, 0.15) is 311 Å². The largest absolute Gasteiger partial charge is 0.449 e. The highest BCUT2D eigenvalue weighted by molar-refractivity contribution is 7.88. The number of esters is 6. The van der Waals surface area contributed by atoms with Gasteiger partial charge in [0.25, 0.3) is 0 Å². The predicted octanol–water partition coefficient (Wildman–Crippen LogP) is 15.8. The molecule has 2 atom stereocenters. The first kappa shape index (κ1) is 71.5. The van der Waals surface area contributed by atoms with Crippen molar-refractivity contribution in [3.05, 3.63) is 12.2 Å². The lowest BCUT2D eigenvalue weighted by atomic mass is 9.85. The Morgan fingerprint density at radius 3 is 0.883 bits per heavy atom. The third-order valence-electron chi connectivity index (χ3n) is 14.3. The minimum atomic E-state index is -5.58. The maximum Gasteiger partial charge on any atom is 0.401 e. The van der Waals surface area contributed by atoms with E-state index >= 15 is 8.42 Å². The Morgan fingerprint density at radius 2 is 0.597 bits per heavy atom. The van der Waals surface area contributed by atoms with E-state index in [-0.39, 0.29) is 70.6 Å². The Hall–Kier alpha value is -3.53. The summed E-state index contributed by atoms with van der Waals surface area (Å²) in [7, 11) is -4.79. The second-order valence-corrected chi connectivity index (χ2v) is 23.2. The topological polar surface area (TPSA) is 201 Å². The Kier molecular flexibility index (Phi) is 40.2. The third-order valence-corrected chi connectivity index (χ3v) is 16.0. The molecule has 1 aliphatic carbocycles. The fraction of sp³-hybridized carbons (Fsp3) is 0.869. The number of carbonyl (C=O) groups excluding carboxylic acids is 6. The standard InChI is InChI=1S/C61H108O15S/c1-8-14-20-26-32-38-44-53(62)71-52-50-51-59(77(68,69)70-7,72-54(63)45-39-33-27-21-15-9-2)61(75-57(66)48-42-36-30-24-18-12-5,76-58(67)49-43-37-31-25-19-13-6)60(52,73-55(64)46-40-34-28-22-16-10-3)74-56(65)47-41-35-29-23-17-11-4/h50-52H,8-49H2,1-7H3. The van der Waals surface area contributed by atoms with Crippen LogP contribution in [-0.2, 0) is 71.5 Å². The fourth-order valence-electron chi connectivity index (χ4n) is 9.68. The summed E-state index contributed by atoms with van der Waals surface area (Å²) in [6.45, 7) is 12.5. The maximum atomic E-state index is 15.3. The molecule has 15 nitrogen and oxygen atoms in total. The number of carbonyl (C=O) groups is 6. The van der Waals surface area contributed by atoms with Crippen molar-refractivity contribution < 1.29 is 69.8 Å². The molecule has 0 spiro atoms. The molecular weight excluding hydrogens is 1000 g/mol. The molecule has 0 radical (unpaired) electrons. The van der Waals surface area contributed by atoms with Crippen LogP contribution in [0.3, 0.4) is 0 Å². The quantitative estimate of drug-likeness (QED) is 0.0139. The van der Waals surface area contributed by atoms with E-state index in [4.69, 9.17) is 32.6 Å². The smallest absolute Gasteiger partial charge is 0.401 e. The Labute approximate surface area is 467 Å². The van der Waals surface area contributed by atoms with Gasteiger partial charge in [0, 0.05) is 38.5 Å². The first-order valence-electron chi connectivity index (χ1n) is 30.9. The molecule has 0 aromatic carbocycles. The zero-order chi connectivity index (χ0) is 57.1. The second-order valence-electron chi connectivity index (χ2n) is 21.3. The van der Waals surface area contributed by atoms with Crippen molar-refractivity contribution in [3.63, 3.8) is 0 Å². The van der Waals surface area contributed by atoms with Crippen LogP contribution in [0.2, 0.25) is 0 Å². The van der Waals surface area contributed by atoms with Gasteiger partial charge in [0.1, 0.15) is 0 Å². The Bertz CT molecular complexity index is 1700. The van der Waals surface area contributed by atoms with Crippen LogP contribution in [0.25, 0.3) is 0 Å². The minimum Gasteiger partial charge on any atom is -0.449 e. The molecule has 77 heavy (non-hydrogen) atoms. The van der Waals surface area contributed by atoms with E-state index in [1.54, 1.807) is 0 Å². The summed E-state index contributed by atoms with van der Waals surface area (Å²) in [4.78, 5) is 84.5. The predicted molar refractivity (Wildman–Crippen MR) is 302 cm³/mol. The molecule has 0 saturated carbocycles. The molecule has 2 unspecified atom stereocenters. The number of hydrogen-bond donors (Lipinski definition) is 0. The monoisotopic (exact) mass is 1110 g/mol. The highest BCUT2D eigenvalue weighted by Crippen LogP contribution is 2.54. The van der Waals surface area contributed by atoms with Crippen LogP contribution in [-0.4, -0.2) is 74.0 Å². The summed E-state index contributed by atoms with van der Waals surface area (Å²) in [6.07, 6.45) is 25.3. The van der Waals surface area contributed by atoms with E-state index in [2.05, 4.69) is 41.5 Å². The van der Waals surface area contributed by atoms with E-state index in [1.807, 2.05) is 0 Å². The van der Waals surface area contributed by atoms with Gasteiger partial charge in [0.05, 0.1) is 7.11 Å². The van der Waals surface area contributed by atoms with Crippen molar-refractivity contribution in [3.8, 4) is 0 Å². The van der Waals surface area contributed by atoms with Gasteiger partial charge in [-0.15, -0.1) is 0 Å². The van der Waals surface area contributed by atoms with Crippen molar-refractivity contribution in [2.45, 2.75) is 334 Å². The highest BCUT2D eigenvalue weighted by Gasteiger charge is 2.86. The fourth-order valence-corrected chi connectivity index (χ4v) is 10.9. The number of hydrogen-bond acceptors (Lipinski definition) is 15. The van der Waals surface area contributed by atoms with Gasteiger partial charge in [-0.25, -0.2) is 0 Å². The molecule has 0 aromatic rings. The molecule has 1 rings (SSSR count). The van der Waals surface area contributed by atoms with Gasteiger partial charge in [-0.2, -0.15) is 8.42 Å². The van der Waals surface area contributed by atoms with Crippen LogP contribution >= 0.6 is 0 Å². The number of ether oxygens (including phenoxy) is 6. The van der Waals surface area contributed by atoms with Crippen molar-refractivity contribution in [2.75, 3.05) is 7.11 Å². The van der Waals surface area contributed by atoms with Crippen LogP contribution in [0.5, 0.6) is 0 Å². The van der Waals surface area contributed by atoms with Gasteiger partial charge in [-0.05, 0) is 50.7 Å². The average molecular weight is 1110 g/mol. The molecule has 0 aromatic heterocycles. The molecule has 0 amide bonds. The van der Waals surface area contributed by atoms with Crippen molar-refractivity contribution in [1.82, 2.24) is 0 Å². The molecular formula is C61H108O15S. The van der Waals surface area contributed by atoms with Gasteiger partial charge >= 0.3 is 62.4 Å². The van der Waals surface area contributed by atoms with Crippen molar-refractivity contribution in [1.29, 1.82) is 0 Å². The summed E-state index contributed by atoms with van der Waals surface area (Å²) in [6, 6.07) is 0. The molecule has 448 valence electrons. The average Bonchev–Trinajstić information content (AvgIpc) is 3.56. The number of rotatable bonds is 50. The zero-order valence-electron chi connectivity index (χ0n) is 49.5. The normalized spacial score (nSPS) is 16.6. The van der Waals surface area contributed by atoms with E-state index < -0.39 is 68.5 Å². The van der Waals surface area contributed by atoms with Crippen molar-refractivity contribution in [2.24, 2.45) is 0 Å². The highest BCUT2D eigenvalue weighted by atomic mass is 32.2. The molecule has 0 heterocycles. The molecule has 0 fully saturated rings. The third kappa shape index (κ3) is 27.0. The lowest BCUT2D eigenvalue weighted by Crippen LogP contribution is -2.81. The summed E-state index contributed by atoms with van der Waals surface area (Å²) in [5.41, 5.74) is 0. The molecule has 0 N–H and O–H groups in total. The first-order valence-corrected chi connectivity index (χ1v) is 32.3. The van der Waals surface area contributed by atoms with E-state index in [0.29, 0.717) is 44.9 Å². The summed E-state index contributed by atoms with van der Waals surface area (Å²) in [5.74, 6) is -13.7. The van der Waals surface area contributed by atoms with Gasteiger partial charge in [0.15, 0.2) is 0 Å². The summed E-state index contributed by atoms with van der Waals surface area (Å²) in [5, 5.41) is 0. The Morgan fingerprint density at radius 1 is 0.351 bits per heavy atom. The van der Waals surface area contributed by atoms with Gasteiger partial charge in [0.2, 0.25) is 6.10 Å². The molecule has 0 saturated heterocycles. The second kappa shape index (κ2) is 43.3. The SMILES string of the molecule is CCCCCCCCC(=O)OC1C=CC(OC(=O)CCCCCCCC)(S(=O)(=O)OC)C(OC(=O)CCCCCCCC)(OC(=O)CCCCCCCC)C1(OC(=O)CCCCCCCC)OC(=O)CCCCCCCC.